The van der Waals surface area contributed by atoms with E-state index in [4.69, 9.17) is 9.47 Å². The number of anilines is 1. The van der Waals surface area contributed by atoms with Gasteiger partial charge in [0.25, 0.3) is 5.91 Å². The van der Waals surface area contributed by atoms with Crippen LogP contribution < -0.4 is 15.4 Å². The average Bonchev–Trinajstić information content (AvgIpc) is 2.85. The molecule has 3 atom stereocenters. The fraction of sp³-hybridized carbons (Fsp3) is 0.483. The van der Waals surface area contributed by atoms with Crippen molar-refractivity contribution in [1.29, 1.82) is 0 Å². The predicted molar refractivity (Wildman–Crippen MR) is 147 cm³/mol. The molecule has 0 aliphatic carbocycles. The number of hydrogen-bond acceptors (Lipinski definition) is 6. The van der Waals surface area contributed by atoms with Crippen LogP contribution in [0.3, 0.4) is 0 Å². The van der Waals surface area contributed by atoms with Crippen LogP contribution in [-0.4, -0.2) is 59.3 Å². The van der Waals surface area contributed by atoms with Crippen LogP contribution in [0.4, 0.5) is 10.5 Å². The molecule has 3 unspecified atom stereocenters. The number of alkyl carbamates (subject to hydrolysis) is 1. The molecule has 9 heteroatoms. The maximum absolute atomic E-state index is 14.0. The number of nitrogens with zero attached hydrogens (tertiary/aromatic N) is 1. The zero-order valence-corrected chi connectivity index (χ0v) is 23.6. The van der Waals surface area contributed by atoms with E-state index >= 15 is 0 Å². The van der Waals surface area contributed by atoms with Gasteiger partial charge in [-0.2, -0.15) is 0 Å². The molecule has 2 aromatic rings. The lowest BCUT2D eigenvalue weighted by Crippen LogP contribution is -2.56. The average molecular weight is 528 g/mol. The Hall–Kier alpha value is -3.59. The molecule has 38 heavy (non-hydrogen) atoms. The van der Waals surface area contributed by atoms with E-state index < -0.39 is 48.2 Å². The standard InChI is InChI=1S/C29H41N3O6/c1-9-20(4)32(27(35)23(17-33)31-28(36)38-29(5,6)7)25(24-18(2)11-10-12-19(24)3)26(34)30-21-13-15-22(37-8)16-14-21/h10-16,20,23,25,33H,9,17H2,1-8H3,(H,30,34)(H,31,36). The first kappa shape index (κ1) is 30.6. The summed E-state index contributed by atoms with van der Waals surface area (Å²) >= 11 is 0. The number of aliphatic hydroxyl groups is 1. The van der Waals surface area contributed by atoms with Crippen LogP contribution in [0.15, 0.2) is 42.5 Å². The molecule has 3 N–H and O–H groups in total. The Morgan fingerprint density at radius 3 is 2.08 bits per heavy atom. The molecule has 0 aromatic heterocycles. The lowest BCUT2D eigenvalue weighted by Gasteiger charge is -2.39. The van der Waals surface area contributed by atoms with E-state index in [1.807, 2.05) is 45.9 Å². The van der Waals surface area contributed by atoms with E-state index in [2.05, 4.69) is 10.6 Å². The van der Waals surface area contributed by atoms with E-state index in [-0.39, 0.29) is 0 Å². The summed E-state index contributed by atoms with van der Waals surface area (Å²) in [7, 11) is 1.56. The van der Waals surface area contributed by atoms with Crippen molar-refractivity contribution in [1.82, 2.24) is 10.2 Å². The number of carbonyl (C=O) groups is 3. The summed E-state index contributed by atoms with van der Waals surface area (Å²) in [6.45, 7) is 12.0. The summed E-state index contributed by atoms with van der Waals surface area (Å²) in [6, 6.07) is 9.82. The smallest absolute Gasteiger partial charge is 0.408 e. The van der Waals surface area contributed by atoms with E-state index in [1.54, 1.807) is 52.1 Å². The molecule has 0 saturated heterocycles. The highest BCUT2D eigenvalue weighted by atomic mass is 16.6. The number of aryl methyl sites for hydroxylation is 2. The predicted octanol–water partition coefficient (Wildman–Crippen LogP) is 4.50. The molecule has 208 valence electrons. The Morgan fingerprint density at radius 1 is 1.03 bits per heavy atom. The van der Waals surface area contributed by atoms with Crippen molar-refractivity contribution in [3.05, 3.63) is 59.2 Å². The number of amides is 3. The van der Waals surface area contributed by atoms with Crippen LogP contribution >= 0.6 is 0 Å². The molecule has 0 bridgehead atoms. The number of benzene rings is 2. The van der Waals surface area contributed by atoms with Crippen LogP contribution in [0.1, 0.15) is 63.8 Å². The Bertz CT molecular complexity index is 1090. The third-order valence-corrected chi connectivity index (χ3v) is 6.19. The largest absolute Gasteiger partial charge is 0.497 e. The van der Waals surface area contributed by atoms with Crippen molar-refractivity contribution in [2.45, 2.75) is 78.6 Å². The van der Waals surface area contributed by atoms with Crippen molar-refractivity contribution in [2.24, 2.45) is 0 Å². The SMILES string of the molecule is CCC(C)N(C(=O)C(CO)NC(=O)OC(C)(C)C)C(C(=O)Nc1ccc(OC)cc1)c1c(C)cccc1C. The highest BCUT2D eigenvalue weighted by Gasteiger charge is 2.39. The first-order valence-electron chi connectivity index (χ1n) is 12.8. The molecule has 0 aliphatic rings. The fourth-order valence-electron chi connectivity index (χ4n) is 4.15. The lowest BCUT2D eigenvalue weighted by molar-refractivity contribution is -0.144. The van der Waals surface area contributed by atoms with Gasteiger partial charge in [-0.1, -0.05) is 25.1 Å². The van der Waals surface area contributed by atoms with Crippen LogP contribution in [-0.2, 0) is 14.3 Å². The van der Waals surface area contributed by atoms with E-state index in [0.29, 0.717) is 23.4 Å². The Morgan fingerprint density at radius 2 is 1.61 bits per heavy atom. The van der Waals surface area contributed by atoms with Gasteiger partial charge in [0.1, 0.15) is 23.4 Å². The summed E-state index contributed by atoms with van der Waals surface area (Å²) in [5, 5.41) is 15.5. The molecule has 0 radical (unpaired) electrons. The molecule has 2 rings (SSSR count). The zero-order chi connectivity index (χ0) is 28.6. The van der Waals surface area contributed by atoms with Gasteiger partial charge >= 0.3 is 6.09 Å². The Labute approximate surface area is 225 Å². The number of ether oxygens (including phenoxy) is 2. The second-order valence-corrected chi connectivity index (χ2v) is 10.3. The highest BCUT2D eigenvalue weighted by Crippen LogP contribution is 2.32. The first-order chi connectivity index (χ1) is 17.8. The first-order valence-corrected chi connectivity index (χ1v) is 12.8. The van der Waals surface area contributed by atoms with E-state index in [9.17, 15) is 19.5 Å². The van der Waals surface area contributed by atoms with Gasteiger partial charge in [0.05, 0.1) is 13.7 Å². The second kappa shape index (κ2) is 13.3. The monoisotopic (exact) mass is 527 g/mol. The summed E-state index contributed by atoms with van der Waals surface area (Å²) in [5.74, 6) is -0.370. The minimum Gasteiger partial charge on any atom is -0.497 e. The zero-order valence-electron chi connectivity index (χ0n) is 23.6. The van der Waals surface area contributed by atoms with E-state index in [0.717, 1.165) is 11.1 Å². The minimum absolute atomic E-state index is 0.400. The Balaban J connectivity index is 2.56. The van der Waals surface area contributed by atoms with Gasteiger partial charge in [-0.15, -0.1) is 0 Å². The Kier molecular flexibility index (Phi) is 10.7. The lowest BCUT2D eigenvalue weighted by atomic mass is 9.92. The van der Waals surface area contributed by atoms with Crippen molar-refractivity contribution in [3.8, 4) is 5.75 Å². The van der Waals surface area contributed by atoms with Crippen molar-refractivity contribution in [2.75, 3.05) is 19.0 Å². The van der Waals surface area contributed by atoms with Gasteiger partial charge in [0.2, 0.25) is 5.91 Å². The summed E-state index contributed by atoms with van der Waals surface area (Å²) in [5.41, 5.74) is 2.10. The maximum atomic E-state index is 14.0. The molecule has 9 nitrogen and oxygen atoms in total. The quantitative estimate of drug-likeness (QED) is 0.419. The number of carbonyl (C=O) groups excluding carboxylic acids is 3. The molecule has 3 amide bonds. The van der Waals surface area contributed by atoms with Gasteiger partial charge in [0.15, 0.2) is 0 Å². The molecule has 2 aromatic carbocycles. The highest BCUT2D eigenvalue weighted by molar-refractivity contribution is 5.99. The van der Waals surface area contributed by atoms with Gasteiger partial charge in [-0.3, -0.25) is 9.59 Å². The van der Waals surface area contributed by atoms with Crippen LogP contribution in [0.25, 0.3) is 0 Å². The molecule has 0 heterocycles. The third-order valence-electron chi connectivity index (χ3n) is 6.19. The van der Waals surface area contributed by atoms with Crippen LogP contribution in [0.5, 0.6) is 5.75 Å². The maximum Gasteiger partial charge on any atom is 0.408 e. The number of methoxy groups -OCH3 is 1. The molecule has 0 aliphatic heterocycles. The second-order valence-electron chi connectivity index (χ2n) is 10.3. The van der Waals surface area contributed by atoms with Gasteiger partial charge in [0, 0.05) is 11.7 Å². The number of rotatable bonds is 10. The van der Waals surface area contributed by atoms with E-state index in [1.165, 1.54) is 4.90 Å². The normalized spacial score (nSPS) is 13.6. The van der Waals surface area contributed by atoms with Crippen LogP contribution in [0, 0.1) is 13.8 Å². The van der Waals surface area contributed by atoms with Crippen LogP contribution in [0.2, 0.25) is 0 Å². The molecule has 0 saturated carbocycles. The molecular weight excluding hydrogens is 486 g/mol. The summed E-state index contributed by atoms with van der Waals surface area (Å²) in [6.07, 6.45) is -0.298. The summed E-state index contributed by atoms with van der Waals surface area (Å²) < 4.78 is 10.5. The van der Waals surface area contributed by atoms with Crippen molar-refractivity contribution < 1.29 is 29.0 Å². The summed E-state index contributed by atoms with van der Waals surface area (Å²) in [4.78, 5) is 41.8. The minimum atomic E-state index is -1.31. The number of nitrogens with one attached hydrogen (secondary N) is 2. The van der Waals surface area contributed by atoms with Gasteiger partial charge in [-0.05, 0) is 88.9 Å². The topological polar surface area (TPSA) is 117 Å². The number of aliphatic hydroxyl groups excluding tert-OH is 1. The molecule has 0 fully saturated rings. The number of hydrogen-bond donors (Lipinski definition) is 3. The third kappa shape index (κ3) is 7.95. The van der Waals surface area contributed by atoms with Crippen molar-refractivity contribution in [3.63, 3.8) is 0 Å². The van der Waals surface area contributed by atoms with Crippen molar-refractivity contribution >= 4 is 23.6 Å². The van der Waals surface area contributed by atoms with Gasteiger partial charge < -0.3 is 30.1 Å². The molecule has 0 spiro atoms. The fourth-order valence-corrected chi connectivity index (χ4v) is 4.15. The van der Waals surface area contributed by atoms with Gasteiger partial charge in [-0.25, -0.2) is 4.79 Å². The molecular formula is C29H41N3O6.